The van der Waals surface area contributed by atoms with Gasteiger partial charge in [0.15, 0.2) is 5.96 Å². The summed E-state index contributed by atoms with van der Waals surface area (Å²) in [6, 6.07) is 13.9. The van der Waals surface area contributed by atoms with Crippen molar-refractivity contribution in [2.24, 2.45) is 10.9 Å². The second-order valence-corrected chi connectivity index (χ2v) is 8.20. The molecule has 1 aliphatic heterocycles. The van der Waals surface area contributed by atoms with E-state index in [0.29, 0.717) is 26.1 Å². The molecule has 0 saturated heterocycles. The average molecular weight is 564 g/mol. The first-order valence-electron chi connectivity index (χ1n) is 11.5. The SMILES string of the molecule is CCNC(=NCc1ccccc1OCC1CC1)NCCOc1ccc2c(c1)CCC(=O)N2.I. The Kier molecular flexibility index (Phi) is 9.65. The molecule has 0 aromatic heterocycles. The maximum Gasteiger partial charge on any atom is 0.224 e. The number of rotatable bonds is 10. The normalized spacial score (nSPS) is 15.1. The zero-order chi connectivity index (χ0) is 22.2. The second-order valence-electron chi connectivity index (χ2n) is 8.20. The van der Waals surface area contributed by atoms with E-state index in [2.05, 4.69) is 22.0 Å². The molecule has 0 bridgehead atoms. The Bertz CT molecular complexity index is 962. The lowest BCUT2D eigenvalue weighted by Gasteiger charge is -2.18. The molecule has 2 aliphatic rings. The Morgan fingerprint density at radius 2 is 1.97 bits per heavy atom. The number of anilines is 1. The third-order valence-electron chi connectivity index (χ3n) is 5.53. The van der Waals surface area contributed by atoms with Crippen molar-refractivity contribution < 1.29 is 14.3 Å². The highest BCUT2D eigenvalue weighted by Gasteiger charge is 2.22. The molecule has 2 aromatic rings. The Balaban J connectivity index is 0.00000306. The summed E-state index contributed by atoms with van der Waals surface area (Å²) in [5, 5.41) is 9.50. The number of halogens is 1. The van der Waals surface area contributed by atoms with E-state index in [1.807, 2.05) is 43.3 Å². The van der Waals surface area contributed by atoms with Gasteiger partial charge in [0.2, 0.25) is 5.91 Å². The number of amides is 1. The van der Waals surface area contributed by atoms with Crippen molar-refractivity contribution in [3.05, 3.63) is 53.6 Å². The minimum atomic E-state index is 0. The van der Waals surface area contributed by atoms with Crippen molar-refractivity contribution in [2.45, 2.75) is 39.2 Å². The van der Waals surface area contributed by atoms with Gasteiger partial charge in [0.05, 0.1) is 19.7 Å². The molecule has 0 radical (unpaired) electrons. The summed E-state index contributed by atoms with van der Waals surface area (Å²) < 4.78 is 11.9. The first-order valence-corrected chi connectivity index (χ1v) is 11.5. The number of carbonyl (C=O) groups is 1. The summed E-state index contributed by atoms with van der Waals surface area (Å²) in [5.74, 6) is 3.28. The molecule has 1 heterocycles. The van der Waals surface area contributed by atoms with E-state index in [0.717, 1.165) is 59.8 Å². The van der Waals surface area contributed by atoms with E-state index in [1.165, 1.54) is 12.8 Å². The van der Waals surface area contributed by atoms with Gasteiger partial charge in [-0.15, -0.1) is 24.0 Å². The molecule has 178 valence electrons. The molecule has 4 rings (SSSR count). The summed E-state index contributed by atoms with van der Waals surface area (Å²) in [6.07, 6.45) is 3.83. The van der Waals surface area contributed by atoms with E-state index < -0.39 is 0 Å². The maximum atomic E-state index is 11.5. The Labute approximate surface area is 212 Å². The van der Waals surface area contributed by atoms with Crippen LogP contribution in [0.3, 0.4) is 0 Å². The van der Waals surface area contributed by atoms with Crippen LogP contribution < -0.4 is 25.4 Å². The van der Waals surface area contributed by atoms with Crippen molar-refractivity contribution in [3.8, 4) is 11.5 Å². The molecule has 0 atom stereocenters. The lowest BCUT2D eigenvalue weighted by Crippen LogP contribution is -2.39. The van der Waals surface area contributed by atoms with Gasteiger partial charge >= 0.3 is 0 Å². The summed E-state index contributed by atoms with van der Waals surface area (Å²) >= 11 is 0. The maximum absolute atomic E-state index is 11.5. The number of hydrogen-bond acceptors (Lipinski definition) is 4. The fraction of sp³-hybridized carbons (Fsp3) is 0.440. The minimum absolute atomic E-state index is 0. The van der Waals surface area contributed by atoms with Gasteiger partial charge in [-0.25, -0.2) is 4.99 Å². The lowest BCUT2D eigenvalue weighted by molar-refractivity contribution is -0.116. The van der Waals surface area contributed by atoms with Gasteiger partial charge in [-0.05, 0) is 61.9 Å². The van der Waals surface area contributed by atoms with Crippen molar-refractivity contribution in [3.63, 3.8) is 0 Å². The lowest BCUT2D eigenvalue weighted by atomic mass is 10.0. The predicted octanol–water partition coefficient (Wildman–Crippen LogP) is 4.11. The number of hydrogen-bond donors (Lipinski definition) is 3. The molecule has 0 spiro atoms. The number of nitrogens with one attached hydrogen (secondary N) is 3. The number of fused-ring (bicyclic) bond motifs is 1. The predicted molar refractivity (Wildman–Crippen MR) is 142 cm³/mol. The van der Waals surface area contributed by atoms with Crippen LogP contribution in [0.4, 0.5) is 5.69 Å². The number of benzene rings is 2. The molecule has 1 aliphatic carbocycles. The number of para-hydroxylation sites is 1. The quantitative estimate of drug-likeness (QED) is 0.175. The molecule has 2 aromatic carbocycles. The van der Waals surface area contributed by atoms with Gasteiger partial charge in [0, 0.05) is 24.2 Å². The molecule has 7 nitrogen and oxygen atoms in total. The van der Waals surface area contributed by atoms with E-state index in [4.69, 9.17) is 14.5 Å². The largest absolute Gasteiger partial charge is 0.493 e. The molecule has 8 heteroatoms. The van der Waals surface area contributed by atoms with Crippen LogP contribution in [0.15, 0.2) is 47.5 Å². The molecular formula is C25H33IN4O3. The van der Waals surface area contributed by atoms with Gasteiger partial charge in [-0.3, -0.25) is 4.79 Å². The molecule has 1 amide bonds. The Hall–Kier alpha value is -2.49. The highest BCUT2D eigenvalue weighted by molar-refractivity contribution is 14.0. The number of carbonyl (C=O) groups excluding carboxylic acids is 1. The zero-order valence-electron chi connectivity index (χ0n) is 19.1. The molecule has 33 heavy (non-hydrogen) atoms. The highest BCUT2D eigenvalue weighted by Crippen LogP contribution is 2.30. The second kappa shape index (κ2) is 12.7. The summed E-state index contributed by atoms with van der Waals surface area (Å²) in [5.41, 5.74) is 3.09. The van der Waals surface area contributed by atoms with Crippen molar-refractivity contribution in [1.82, 2.24) is 10.6 Å². The van der Waals surface area contributed by atoms with Crippen LogP contribution in [0.25, 0.3) is 0 Å². The number of nitrogens with zero attached hydrogens (tertiary/aromatic N) is 1. The number of aliphatic imine (C=N–C) groups is 1. The Morgan fingerprint density at radius 3 is 2.79 bits per heavy atom. The number of guanidine groups is 1. The van der Waals surface area contributed by atoms with Crippen LogP contribution in [0.5, 0.6) is 11.5 Å². The average Bonchev–Trinajstić information content (AvgIpc) is 3.64. The smallest absolute Gasteiger partial charge is 0.224 e. The number of aryl methyl sites for hydroxylation is 1. The van der Waals surface area contributed by atoms with Gasteiger partial charge < -0.3 is 25.4 Å². The van der Waals surface area contributed by atoms with Crippen LogP contribution in [-0.4, -0.2) is 38.2 Å². The van der Waals surface area contributed by atoms with Crippen LogP contribution in [0, 0.1) is 5.92 Å². The fourth-order valence-corrected chi connectivity index (χ4v) is 3.56. The third-order valence-corrected chi connectivity index (χ3v) is 5.53. The third kappa shape index (κ3) is 7.80. The monoisotopic (exact) mass is 564 g/mol. The molecule has 1 fully saturated rings. The molecule has 1 saturated carbocycles. The van der Waals surface area contributed by atoms with Gasteiger partial charge in [0.1, 0.15) is 18.1 Å². The summed E-state index contributed by atoms with van der Waals surface area (Å²) in [7, 11) is 0. The van der Waals surface area contributed by atoms with Crippen LogP contribution in [0.2, 0.25) is 0 Å². The van der Waals surface area contributed by atoms with Crippen molar-refractivity contribution in [2.75, 3.05) is 31.6 Å². The Morgan fingerprint density at radius 1 is 1.12 bits per heavy atom. The number of ether oxygens (including phenoxy) is 2. The van der Waals surface area contributed by atoms with Gasteiger partial charge in [-0.2, -0.15) is 0 Å². The minimum Gasteiger partial charge on any atom is -0.493 e. The van der Waals surface area contributed by atoms with E-state index in [9.17, 15) is 4.79 Å². The summed E-state index contributed by atoms with van der Waals surface area (Å²) in [6.45, 7) is 5.31. The van der Waals surface area contributed by atoms with Gasteiger partial charge in [0.25, 0.3) is 0 Å². The highest BCUT2D eigenvalue weighted by atomic mass is 127. The van der Waals surface area contributed by atoms with Gasteiger partial charge in [-0.1, -0.05) is 18.2 Å². The standard InChI is InChI=1S/C25H32N4O3.HI/c1-2-26-25(28-16-20-5-3-4-6-23(20)32-17-18-7-8-18)27-13-14-31-21-10-11-22-19(15-21)9-12-24(30)29-22;/h3-6,10-11,15,18H,2,7-9,12-14,16-17H2,1H3,(H,29,30)(H2,26,27,28);1H. The topological polar surface area (TPSA) is 84.0 Å². The van der Waals surface area contributed by atoms with E-state index >= 15 is 0 Å². The van der Waals surface area contributed by atoms with E-state index in [1.54, 1.807) is 0 Å². The molecule has 3 N–H and O–H groups in total. The molecule has 0 unspecified atom stereocenters. The van der Waals surface area contributed by atoms with Crippen LogP contribution in [0.1, 0.15) is 37.3 Å². The van der Waals surface area contributed by atoms with Crippen LogP contribution in [-0.2, 0) is 17.8 Å². The fourth-order valence-electron chi connectivity index (χ4n) is 3.56. The first-order chi connectivity index (χ1) is 15.7. The van der Waals surface area contributed by atoms with Crippen molar-refractivity contribution >= 4 is 41.5 Å². The first kappa shape index (κ1) is 25.1. The van der Waals surface area contributed by atoms with E-state index in [-0.39, 0.29) is 29.9 Å². The zero-order valence-corrected chi connectivity index (χ0v) is 21.4. The summed E-state index contributed by atoms with van der Waals surface area (Å²) in [4.78, 5) is 16.2. The van der Waals surface area contributed by atoms with Crippen LogP contribution >= 0.6 is 24.0 Å². The van der Waals surface area contributed by atoms with Crippen molar-refractivity contribution in [1.29, 1.82) is 0 Å². The molecular weight excluding hydrogens is 531 g/mol.